The maximum Gasteiger partial charge on any atom is 0.321 e. The number of nitrogens with zero attached hydrogens (tertiary/aromatic N) is 1. The summed E-state index contributed by atoms with van der Waals surface area (Å²) in [6, 6.07) is 1.05. The van der Waals surface area contributed by atoms with Gasteiger partial charge >= 0.3 is 9.28 Å². The van der Waals surface area contributed by atoms with Crippen molar-refractivity contribution in [3.8, 4) is 0 Å². The van der Waals surface area contributed by atoms with Gasteiger partial charge in [-0.3, -0.25) is 4.99 Å². The van der Waals surface area contributed by atoms with E-state index >= 15 is 0 Å². The van der Waals surface area contributed by atoms with E-state index in [0.717, 1.165) is 45.1 Å². The van der Waals surface area contributed by atoms with Crippen LogP contribution in [0.4, 0.5) is 0 Å². The second kappa shape index (κ2) is 15.9. The normalized spacial score (nSPS) is 11.8. The lowest BCUT2D eigenvalue weighted by Crippen LogP contribution is -2.23. The molecular weight excluding hydrogens is 254 g/mol. The second-order valence-corrected chi connectivity index (χ2v) is 7.00. The minimum absolute atomic E-state index is 0.842. The number of hydrogen-bond donors (Lipinski definition) is 0. The Hall–Kier alpha value is -0.193. The summed E-state index contributed by atoms with van der Waals surface area (Å²) in [4.78, 5) is 4.46. The van der Waals surface area contributed by atoms with Gasteiger partial charge < -0.3 is 8.85 Å². The van der Waals surface area contributed by atoms with Gasteiger partial charge in [-0.05, 0) is 37.9 Å². The predicted octanol–water partition coefficient (Wildman–Crippen LogP) is 4.10. The zero-order valence-corrected chi connectivity index (χ0v) is 14.4. The Balaban J connectivity index is 3.57. The molecule has 0 aliphatic heterocycles. The largest absolute Gasteiger partial charge is 0.397 e. The zero-order chi connectivity index (χ0) is 14.2. The molecule has 3 nitrogen and oxygen atoms in total. The Bertz CT molecular complexity index is 193. The lowest BCUT2D eigenvalue weighted by atomic mass is 10.2. The summed E-state index contributed by atoms with van der Waals surface area (Å²) in [7, 11) is -1.43. The van der Waals surface area contributed by atoms with Crippen molar-refractivity contribution in [1.29, 1.82) is 0 Å². The van der Waals surface area contributed by atoms with Crippen LogP contribution in [-0.2, 0) is 8.85 Å². The molecule has 0 heterocycles. The fourth-order valence-electron chi connectivity index (χ4n) is 1.74. The van der Waals surface area contributed by atoms with Gasteiger partial charge in [-0.25, -0.2) is 0 Å². The number of unbranched alkanes of at least 4 members (excludes halogenated alkanes) is 3. The summed E-state index contributed by atoms with van der Waals surface area (Å²) in [6.07, 6.45) is 10.4. The Morgan fingerprint density at radius 3 is 2.16 bits per heavy atom. The van der Waals surface area contributed by atoms with Gasteiger partial charge in [0.05, 0.1) is 0 Å². The van der Waals surface area contributed by atoms with E-state index in [0.29, 0.717) is 0 Å². The van der Waals surface area contributed by atoms with Crippen LogP contribution in [0.3, 0.4) is 0 Å². The number of aliphatic imine (C=N–C) groups is 1. The maximum absolute atomic E-state index is 5.81. The monoisotopic (exact) mass is 287 g/mol. The highest BCUT2D eigenvalue weighted by Crippen LogP contribution is 2.03. The van der Waals surface area contributed by atoms with E-state index in [9.17, 15) is 0 Å². The van der Waals surface area contributed by atoms with Crippen molar-refractivity contribution in [3.63, 3.8) is 0 Å². The highest BCUT2D eigenvalue weighted by Gasteiger charge is 2.11. The van der Waals surface area contributed by atoms with E-state index in [4.69, 9.17) is 8.85 Å². The SMILES string of the molecule is CCCCCCN=CCC[SiH](OCCC)OCCC. The topological polar surface area (TPSA) is 30.8 Å². The molecule has 4 heteroatoms. The highest BCUT2D eigenvalue weighted by molar-refractivity contribution is 6.44. The molecule has 0 aromatic heterocycles. The van der Waals surface area contributed by atoms with Gasteiger partial charge in [-0.2, -0.15) is 0 Å². The Kier molecular flexibility index (Phi) is 15.7. The van der Waals surface area contributed by atoms with Gasteiger partial charge in [0, 0.05) is 19.8 Å². The fraction of sp³-hybridized carbons (Fsp3) is 0.933. The van der Waals surface area contributed by atoms with Crippen LogP contribution in [0.25, 0.3) is 0 Å². The molecule has 114 valence electrons. The Labute approximate surface area is 121 Å². The average molecular weight is 288 g/mol. The minimum Gasteiger partial charge on any atom is -0.397 e. The van der Waals surface area contributed by atoms with Crippen molar-refractivity contribution in [2.24, 2.45) is 4.99 Å². The standard InChI is InChI=1S/C15H33NO2Si/c1-4-7-8-9-11-16-12-10-15-19(17-13-5-2)18-14-6-3/h12,19H,4-11,13-15H2,1-3H3. The van der Waals surface area contributed by atoms with Crippen LogP contribution in [0.5, 0.6) is 0 Å². The average Bonchev–Trinajstić information content (AvgIpc) is 2.43. The highest BCUT2D eigenvalue weighted by atomic mass is 28.3. The number of hydrogen-bond acceptors (Lipinski definition) is 3. The van der Waals surface area contributed by atoms with E-state index < -0.39 is 9.28 Å². The van der Waals surface area contributed by atoms with Crippen LogP contribution < -0.4 is 0 Å². The molecule has 0 spiro atoms. The van der Waals surface area contributed by atoms with Crippen molar-refractivity contribution < 1.29 is 8.85 Å². The van der Waals surface area contributed by atoms with Crippen LogP contribution in [0.15, 0.2) is 4.99 Å². The van der Waals surface area contributed by atoms with Gasteiger partial charge in [-0.15, -0.1) is 0 Å². The molecule has 0 aliphatic carbocycles. The molecule has 0 saturated carbocycles. The molecule has 0 aliphatic rings. The molecule has 0 fully saturated rings. The van der Waals surface area contributed by atoms with Crippen molar-refractivity contribution in [2.45, 2.75) is 71.8 Å². The lowest BCUT2D eigenvalue weighted by Gasteiger charge is -2.15. The molecule has 0 unspecified atom stereocenters. The first kappa shape index (κ1) is 18.8. The predicted molar refractivity (Wildman–Crippen MR) is 86.6 cm³/mol. The van der Waals surface area contributed by atoms with E-state index in [-0.39, 0.29) is 0 Å². The number of rotatable bonds is 14. The van der Waals surface area contributed by atoms with Gasteiger partial charge in [0.15, 0.2) is 0 Å². The Morgan fingerprint density at radius 1 is 0.895 bits per heavy atom. The van der Waals surface area contributed by atoms with E-state index in [1.165, 1.54) is 25.7 Å². The fourth-order valence-corrected chi connectivity index (χ4v) is 3.58. The first-order valence-corrected chi connectivity index (χ1v) is 9.82. The third kappa shape index (κ3) is 14.0. The first-order valence-electron chi connectivity index (χ1n) is 8.06. The van der Waals surface area contributed by atoms with Crippen molar-refractivity contribution in [3.05, 3.63) is 0 Å². The van der Waals surface area contributed by atoms with Crippen LogP contribution in [0.2, 0.25) is 6.04 Å². The summed E-state index contributed by atoms with van der Waals surface area (Å²) < 4.78 is 11.6. The van der Waals surface area contributed by atoms with Gasteiger partial charge in [0.25, 0.3) is 0 Å². The Morgan fingerprint density at radius 2 is 1.58 bits per heavy atom. The van der Waals surface area contributed by atoms with E-state index in [1.807, 2.05) is 0 Å². The maximum atomic E-state index is 5.81. The van der Waals surface area contributed by atoms with Gasteiger partial charge in [-0.1, -0.05) is 40.0 Å². The smallest absolute Gasteiger partial charge is 0.321 e. The second-order valence-electron chi connectivity index (χ2n) is 4.90. The molecule has 19 heavy (non-hydrogen) atoms. The van der Waals surface area contributed by atoms with E-state index in [2.05, 4.69) is 32.0 Å². The zero-order valence-electron chi connectivity index (χ0n) is 13.2. The molecule has 0 radical (unpaired) electrons. The van der Waals surface area contributed by atoms with Crippen LogP contribution in [0, 0.1) is 0 Å². The molecule has 0 N–H and O–H groups in total. The molecule has 0 amide bonds. The van der Waals surface area contributed by atoms with Gasteiger partial charge in [0.2, 0.25) is 0 Å². The summed E-state index contributed by atoms with van der Waals surface area (Å²) >= 11 is 0. The van der Waals surface area contributed by atoms with Gasteiger partial charge in [0.1, 0.15) is 0 Å². The summed E-state index contributed by atoms with van der Waals surface area (Å²) in [5, 5.41) is 0. The third-order valence-corrected chi connectivity index (χ3v) is 4.84. The van der Waals surface area contributed by atoms with Crippen molar-refractivity contribution in [2.75, 3.05) is 19.8 Å². The van der Waals surface area contributed by atoms with Crippen LogP contribution >= 0.6 is 0 Å². The van der Waals surface area contributed by atoms with E-state index in [1.54, 1.807) is 0 Å². The molecule has 0 aromatic carbocycles. The molecule has 0 rings (SSSR count). The van der Waals surface area contributed by atoms with Crippen LogP contribution in [0.1, 0.15) is 65.7 Å². The molecule has 0 saturated heterocycles. The summed E-state index contributed by atoms with van der Waals surface area (Å²) in [5.41, 5.74) is 0. The van der Waals surface area contributed by atoms with Crippen LogP contribution in [-0.4, -0.2) is 35.3 Å². The third-order valence-electron chi connectivity index (χ3n) is 2.82. The minimum atomic E-state index is -1.43. The summed E-state index contributed by atoms with van der Waals surface area (Å²) in [5.74, 6) is 0. The lowest BCUT2D eigenvalue weighted by molar-refractivity contribution is 0.197. The first-order chi connectivity index (χ1) is 9.35. The molecular formula is C15H33NO2Si. The van der Waals surface area contributed by atoms with Crippen molar-refractivity contribution in [1.82, 2.24) is 0 Å². The quantitative estimate of drug-likeness (QED) is 0.273. The molecule has 0 aromatic rings. The molecule has 0 atom stereocenters. The molecule has 0 bridgehead atoms. The van der Waals surface area contributed by atoms with Crippen molar-refractivity contribution >= 4 is 15.5 Å². The summed E-state index contributed by atoms with van der Waals surface area (Å²) in [6.45, 7) is 9.19.